The molecule has 0 aromatic heterocycles. The van der Waals surface area contributed by atoms with E-state index in [-0.39, 0.29) is 11.9 Å². The van der Waals surface area contributed by atoms with E-state index in [1.807, 2.05) is 18.2 Å². The van der Waals surface area contributed by atoms with Crippen LogP contribution in [0.15, 0.2) is 54.6 Å². The standard InChI is InChI=1S/C22H28N2O2/c1-18(7-8-19-5-3-2-4-6-19)23-22(25)21-11-9-20(10-12-21)17-24-13-15-26-16-14-24/h2-6,9-12,18H,7-8,13-17H2,1H3,(H,23,25)/p+1/t18-/m1/s1. The van der Waals surface area contributed by atoms with Crippen LogP contribution in [-0.2, 0) is 17.7 Å². The molecule has 0 bridgehead atoms. The molecule has 2 aromatic carbocycles. The molecule has 0 radical (unpaired) electrons. The van der Waals surface area contributed by atoms with Crippen LogP contribution in [0.2, 0.25) is 0 Å². The van der Waals surface area contributed by atoms with Crippen LogP contribution in [-0.4, -0.2) is 38.3 Å². The first-order chi connectivity index (χ1) is 12.7. The third kappa shape index (κ3) is 5.68. The minimum atomic E-state index is 0.0100. The number of hydrogen-bond donors (Lipinski definition) is 2. The lowest BCUT2D eigenvalue weighted by Gasteiger charge is -2.23. The Hall–Kier alpha value is -2.17. The lowest BCUT2D eigenvalue weighted by molar-refractivity contribution is -0.921. The number of ether oxygens (including phenoxy) is 1. The quantitative estimate of drug-likeness (QED) is 0.798. The maximum atomic E-state index is 12.4. The smallest absolute Gasteiger partial charge is 0.251 e. The minimum absolute atomic E-state index is 0.0100. The number of benzene rings is 2. The van der Waals surface area contributed by atoms with Crippen LogP contribution >= 0.6 is 0 Å². The number of rotatable bonds is 7. The highest BCUT2D eigenvalue weighted by Crippen LogP contribution is 2.07. The van der Waals surface area contributed by atoms with Gasteiger partial charge in [0.2, 0.25) is 0 Å². The topological polar surface area (TPSA) is 42.8 Å². The summed E-state index contributed by atoms with van der Waals surface area (Å²) in [6.07, 6.45) is 1.91. The van der Waals surface area contributed by atoms with Crippen LogP contribution in [0, 0.1) is 0 Å². The average molecular weight is 353 g/mol. The number of morpholine rings is 1. The fraction of sp³-hybridized carbons (Fsp3) is 0.409. The van der Waals surface area contributed by atoms with E-state index in [0.717, 1.165) is 51.3 Å². The summed E-state index contributed by atoms with van der Waals surface area (Å²) in [5, 5.41) is 3.11. The van der Waals surface area contributed by atoms with Gasteiger partial charge in [-0.2, -0.15) is 0 Å². The normalized spacial score (nSPS) is 16.2. The zero-order valence-corrected chi connectivity index (χ0v) is 15.5. The minimum Gasteiger partial charge on any atom is -0.370 e. The molecule has 1 amide bonds. The van der Waals surface area contributed by atoms with Crippen LogP contribution in [0.3, 0.4) is 0 Å². The molecule has 4 nitrogen and oxygen atoms in total. The molecule has 0 spiro atoms. The summed E-state index contributed by atoms with van der Waals surface area (Å²) in [5.74, 6) is 0.0100. The predicted molar refractivity (Wildman–Crippen MR) is 103 cm³/mol. The van der Waals surface area contributed by atoms with Crippen molar-refractivity contribution >= 4 is 5.91 Å². The first-order valence-electron chi connectivity index (χ1n) is 9.56. The van der Waals surface area contributed by atoms with Gasteiger partial charge < -0.3 is 15.0 Å². The van der Waals surface area contributed by atoms with Gasteiger partial charge in [-0.25, -0.2) is 0 Å². The van der Waals surface area contributed by atoms with Crippen molar-refractivity contribution in [3.8, 4) is 0 Å². The Balaban J connectivity index is 1.46. The van der Waals surface area contributed by atoms with E-state index in [1.54, 1.807) is 4.90 Å². The summed E-state index contributed by atoms with van der Waals surface area (Å²) in [6, 6.07) is 18.6. The van der Waals surface area contributed by atoms with E-state index in [9.17, 15) is 4.79 Å². The van der Waals surface area contributed by atoms with Crippen molar-refractivity contribution in [2.75, 3.05) is 26.3 Å². The van der Waals surface area contributed by atoms with Crippen molar-refractivity contribution in [3.05, 3.63) is 71.3 Å². The maximum absolute atomic E-state index is 12.4. The molecule has 0 unspecified atom stereocenters. The lowest BCUT2D eigenvalue weighted by atomic mass is 10.1. The molecule has 26 heavy (non-hydrogen) atoms. The van der Waals surface area contributed by atoms with E-state index in [0.29, 0.717) is 0 Å². The number of nitrogens with one attached hydrogen (secondary N) is 2. The monoisotopic (exact) mass is 353 g/mol. The van der Waals surface area contributed by atoms with Crippen molar-refractivity contribution < 1.29 is 14.4 Å². The van der Waals surface area contributed by atoms with Crippen molar-refractivity contribution in [3.63, 3.8) is 0 Å². The summed E-state index contributed by atoms with van der Waals surface area (Å²) in [4.78, 5) is 14.0. The summed E-state index contributed by atoms with van der Waals surface area (Å²) < 4.78 is 5.40. The molecule has 1 atom stereocenters. The van der Waals surface area contributed by atoms with E-state index >= 15 is 0 Å². The Bertz CT molecular complexity index is 679. The molecule has 4 heteroatoms. The van der Waals surface area contributed by atoms with E-state index in [2.05, 4.69) is 48.6 Å². The molecular formula is C22H29N2O2+. The Morgan fingerprint density at radius 2 is 1.73 bits per heavy atom. The Labute approximate surface area is 156 Å². The molecule has 1 heterocycles. The van der Waals surface area contributed by atoms with Gasteiger partial charge in [-0.3, -0.25) is 4.79 Å². The molecular weight excluding hydrogens is 324 g/mol. The highest BCUT2D eigenvalue weighted by Gasteiger charge is 2.15. The van der Waals surface area contributed by atoms with Crippen molar-refractivity contribution in [1.82, 2.24) is 5.32 Å². The van der Waals surface area contributed by atoms with Gasteiger partial charge in [0, 0.05) is 17.2 Å². The van der Waals surface area contributed by atoms with Crippen LogP contribution in [0.1, 0.15) is 34.8 Å². The van der Waals surface area contributed by atoms with Crippen LogP contribution in [0.4, 0.5) is 0 Å². The summed E-state index contributed by atoms with van der Waals surface area (Å²) in [7, 11) is 0. The predicted octanol–water partition coefficient (Wildman–Crippen LogP) is 1.85. The molecule has 1 aliphatic rings. The Morgan fingerprint density at radius 3 is 2.42 bits per heavy atom. The third-order valence-corrected chi connectivity index (χ3v) is 4.96. The summed E-state index contributed by atoms with van der Waals surface area (Å²) in [5.41, 5.74) is 3.32. The fourth-order valence-corrected chi connectivity index (χ4v) is 3.31. The maximum Gasteiger partial charge on any atom is 0.251 e. The number of aryl methyl sites for hydroxylation is 1. The van der Waals surface area contributed by atoms with Crippen LogP contribution < -0.4 is 10.2 Å². The number of carbonyl (C=O) groups is 1. The van der Waals surface area contributed by atoms with Crippen molar-refractivity contribution in [2.24, 2.45) is 0 Å². The van der Waals surface area contributed by atoms with E-state index in [4.69, 9.17) is 4.74 Å². The SMILES string of the molecule is C[C@H](CCc1ccccc1)NC(=O)c1ccc(C[NH+]2CCOCC2)cc1. The van der Waals surface area contributed by atoms with Crippen molar-refractivity contribution in [2.45, 2.75) is 32.4 Å². The first-order valence-corrected chi connectivity index (χ1v) is 9.56. The van der Waals surface area contributed by atoms with Crippen molar-refractivity contribution in [1.29, 1.82) is 0 Å². The van der Waals surface area contributed by atoms with Gasteiger partial charge in [-0.05, 0) is 37.5 Å². The number of quaternary nitrogens is 1. The molecule has 2 aromatic rings. The highest BCUT2D eigenvalue weighted by molar-refractivity contribution is 5.94. The van der Waals surface area contributed by atoms with Gasteiger partial charge in [-0.1, -0.05) is 42.5 Å². The molecule has 1 fully saturated rings. The number of hydrogen-bond acceptors (Lipinski definition) is 2. The highest BCUT2D eigenvalue weighted by atomic mass is 16.5. The second-order valence-electron chi connectivity index (χ2n) is 7.13. The Kier molecular flexibility index (Phi) is 6.81. The number of amides is 1. The summed E-state index contributed by atoms with van der Waals surface area (Å²) >= 11 is 0. The molecule has 1 saturated heterocycles. The molecule has 3 rings (SSSR count). The first kappa shape index (κ1) is 18.6. The van der Waals surface area contributed by atoms with Gasteiger partial charge >= 0.3 is 0 Å². The molecule has 2 N–H and O–H groups in total. The largest absolute Gasteiger partial charge is 0.370 e. The molecule has 0 aliphatic carbocycles. The van der Waals surface area contributed by atoms with Gasteiger partial charge in [0.25, 0.3) is 5.91 Å². The van der Waals surface area contributed by atoms with Gasteiger partial charge in [0.05, 0.1) is 13.2 Å². The third-order valence-electron chi connectivity index (χ3n) is 4.96. The summed E-state index contributed by atoms with van der Waals surface area (Å²) in [6.45, 7) is 6.87. The van der Waals surface area contributed by atoms with E-state index in [1.165, 1.54) is 11.1 Å². The molecule has 0 saturated carbocycles. The Morgan fingerprint density at radius 1 is 1.04 bits per heavy atom. The van der Waals surface area contributed by atoms with Gasteiger partial charge in [0.15, 0.2) is 0 Å². The van der Waals surface area contributed by atoms with Gasteiger partial charge in [-0.15, -0.1) is 0 Å². The fourth-order valence-electron chi connectivity index (χ4n) is 3.31. The molecule has 138 valence electrons. The van der Waals surface area contributed by atoms with Crippen LogP contribution in [0.25, 0.3) is 0 Å². The molecule has 1 aliphatic heterocycles. The second-order valence-corrected chi connectivity index (χ2v) is 7.13. The lowest BCUT2D eigenvalue weighted by Crippen LogP contribution is -3.12. The van der Waals surface area contributed by atoms with E-state index < -0.39 is 0 Å². The number of carbonyl (C=O) groups excluding carboxylic acids is 1. The second kappa shape index (κ2) is 9.51. The average Bonchev–Trinajstić information content (AvgIpc) is 2.68. The van der Waals surface area contributed by atoms with Gasteiger partial charge in [0.1, 0.15) is 19.6 Å². The zero-order valence-electron chi connectivity index (χ0n) is 15.5. The zero-order chi connectivity index (χ0) is 18.2. The van der Waals surface area contributed by atoms with Crippen LogP contribution in [0.5, 0.6) is 0 Å².